The van der Waals surface area contributed by atoms with Crippen molar-refractivity contribution in [2.45, 2.75) is 0 Å². The van der Waals surface area contributed by atoms with Crippen molar-refractivity contribution in [2.75, 3.05) is 0 Å². The quantitative estimate of drug-likeness (QED) is 0.696. The van der Waals surface area contributed by atoms with Crippen LogP contribution in [-0.2, 0) is 0 Å². The fraction of sp³-hybridized carbons (Fsp3) is 0. The lowest BCUT2D eigenvalue weighted by Crippen LogP contribution is -1.83. The van der Waals surface area contributed by atoms with Gasteiger partial charge in [-0.3, -0.25) is 9.59 Å². The van der Waals surface area contributed by atoms with Gasteiger partial charge in [-0.05, 0) is 12.1 Å². The Kier molecular flexibility index (Phi) is 2.02. The van der Waals surface area contributed by atoms with Crippen LogP contribution in [0.15, 0.2) is 33.5 Å². The Morgan fingerprint density at radius 3 is 1.64 bits per heavy atom. The number of furan rings is 2. The Balaban J connectivity index is 2.59. The average Bonchev–Trinajstić information content (AvgIpc) is 2.85. The van der Waals surface area contributed by atoms with Crippen LogP contribution in [0.25, 0.3) is 11.5 Å². The second-order valence-electron chi connectivity index (χ2n) is 2.65. The molecule has 2 rings (SSSR count). The standard InChI is InChI=1S/C10H6O4/c11-5-7-1-3-13-9(7)10-8(6-12)2-4-14-10/h1-6H. The summed E-state index contributed by atoms with van der Waals surface area (Å²) in [6.45, 7) is 0. The zero-order valence-electron chi connectivity index (χ0n) is 7.10. The fourth-order valence-electron chi connectivity index (χ4n) is 1.19. The minimum atomic E-state index is 0.284. The molecule has 0 aliphatic rings. The fourth-order valence-corrected chi connectivity index (χ4v) is 1.19. The Hall–Kier alpha value is -2.10. The van der Waals surface area contributed by atoms with Crippen LogP contribution in [0.3, 0.4) is 0 Å². The van der Waals surface area contributed by atoms with Gasteiger partial charge in [0.2, 0.25) is 0 Å². The van der Waals surface area contributed by atoms with Gasteiger partial charge in [0.1, 0.15) is 0 Å². The minimum absolute atomic E-state index is 0.284. The second kappa shape index (κ2) is 3.33. The molecule has 0 atom stereocenters. The summed E-state index contributed by atoms with van der Waals surface area (Å²) in [4.78, 5) is 21.2. The lowest BCUT2D eigenvalue weighted by molar-refractivity contribution is 0.111. The molecule has 70 valence electrons. The highest BCUT2D eigenvalue weighted by atomic mass is 16.4. The van der Waals surface area contributed by atoms with Crippen molar-refractivity contribution in [1.29, 1.82) is 0 Å². The molecule has 0 N–H and O–H groups in total. The van der Waals surface area contributed by atoms with E-state index in [1.54, 1.807) is 0 Å². The third-order valence-corrected chi connectivity index (χ3v) is 1.85. The molecule has 0 spiro atoms. The van der Waals surface area contributed by atoms with Gasteiger partial charge >= 0.3 is 0 Å². The van der Waals surface area contributed by atoms with E-state index in [1.807, 2.05) is 0 Å². The van der Waals surface area contributed by atoms with Crippen molar-refractivity contribution >= 4 is 12.6 Å². The predicted octanol–water partition coefficient (Wildman–Crippen LogP) is 2.16. The van der Waals surface area contributed by atoms with Gasteiger partial charge in [0, 0.05) is 0 Å². The number of carbonyl (C=O) groups is 2. The summed E-state index contributed by atoms with van der Waals surface area (Å²) in [6, 6.07) is 3.03. The topological polar surface area (TPSA) is 60.4 Å². The van der Waals surface area contributed by atoms with Gasteiger partial charge < -0.3 is 8.83 Å². The molecule has 2 aromatic heterocycles. The summed E-state index contributed by atoms with van der Waals surface area (Å²) in [7, 11) is 0. The van der Waals surface area contributed by atoms with E-state index in [9.17, 15) is 9.59 Å². The van der Waals surface area contributed by atoms with Crippen LogP contribution < -0.4 is 0 Å². The number of carbonyl (C=O) groups excluding carboxylic acids is 2. The maximum Gasteiger partial charge on any atom is 0.180 e. The summed E-state index contributed by atoms with van der Waals surface area (Å²) in [6.07, 6.45) is 4.04. The summed E-state index contributed by atoms with van der Waals surface area (Å²) in [5.74, 6) is 0.569. The van der Waals surface area contributed by atoms with Crippen molar-refractivity contribution < 1.29 is 18.4 Å². The van der Waals surface area contributed by atoms with Crippen LogP contribution in [0.1, 0.15) is 20.7 Å². The molecule has 2 heterocycles. The maximum atomic E-state index is 10.6. The van der Waals surface area contributed by atoms with Crippen LogP contribution in [0.5, 0.6) is 0 Å². The first-order chi connectivity index (χ1) is 6.86. The van der Waals surface area contributed by atoms with E-state index >= 15 is 0 Å². The molecule has 0 saturated carbocycles. The summed E-state index contributed by atoms with van der Waals surface area (Å²) in [5, 5.41) is 0. The van der Waals surface area contributed by atoms with E-state index in [0.717, 1.165) is 0 Å². The normalized spacial score (nSPS) is 10.0. The molecule has 0 aromatic carbocycles. The smallest absolute Gasteiger partial charge is 0.180 e. The molecule has 0 fully saturated rings. The third-order valence-electron chi connectivity index (χ3n) is 1.85. The number of hydrogen-bond donors (Lipinski definition) is 0. The predicted molar refractivity (Wildman–Crippen MR) is 47.2 cm³/mol. The molecule has 0 amide bonds. The van der Waals surface area contributed by atoms with Crippen LogP contribution in [0, 0.1) is 0 Å². The summed E-state index contributed by atoms with van der Waals surface area (Å²) in [5.41, 5.74) is 0.728. The lowest BCUT2D eigenvalue weighted by atomic mass is 10.2. The van der Waals surface area contributed by atoms with Crippen molar-refractivity contribution in [3.63, 3.8) is 0 Å². The lowest BCUT2D eigenvalue weighted by Gasteiger charge is -1.93. The first kappa shape index (κ1) is 8.50. The number of aldehydes is 2. The largest absolute Gasteiger partial charge is 0.460 e. The van der Waals surface area contributed by atoms with Crippen LogP contribution in [-0.4, -0.2) is 12.6 Å². The first-order valence-electron chi connectivity index (χ1n) is 3.92. The van der Waals surface area contributed by atoms with Gasteiger partial charge in [-0.15, -0.1) is 0 Å². The van der Waals surface area contributed by atoms with E-state index in [0.29, 0.717) is 23.7 Å². The van der Waals surface area contributed by atoms with E-state index < -0.39 is 0 Å². The molecule has 14 heavy (non-hydrogen) atoms. The van der Waals surface area contributed by atoms with E-state index in [1.165, 1.54) is 24.7 Å². The van der Waals surface area contributed by atoms with Gasteiger partial charge in [-0.25, -0.2) is 0 Å². The molecule has 0 aliphatic heterocycles. The second-order valence-corrected chi connectivity index (χ2v) is 2.65. The number of rotatable bonds is 3. The minimum Gasteiger partial charge on any atom is -0.460 e. The van der Waals surface area contributed by atoms with E-state index in [4.69, 9.17) is 8.83 Å². The highest BCUT2D eigenvalue weighted by molar-refractivity contribution is 5.90. The van der Waals surface area contributed by atoms with Gasteiger partial charge in [0.25, 0.3) is 0 Å². The Labute approximate surface area is 79.1 Å². The molecule has 0 saturated heterocycles. The Bertz CT molecular complexity index is 420. The maximum absolute atomic E-state index is 10.6. The van der Waals surface area contributed by atoms with E-state index in [2.05, 4.69) is 0 Å². The van der Waals surface area contributed by atoms with Gasteiger partial charge in [-0.1, -0.05) is 0 Å². The SMILES string of the molecule is O=Cc1ccoc1-c1occc1C=O. The molecule has 0 bridgehead atoms. The highest BCUT2D eigenvalue weighted by Crippen LogP contribution is 2.27. The van der Waals surface area contributed by atoms with Crippen molar-refractivity contribution in [2.24, 2.45) is 0 Å². The average molecular weight is 190 g/mol. The van der Waals surface area contributed by atoms with Crippen LogP contribution in [0.4, 0.5) is 0 Å². The van der Waals surface area contributed by atoms with Crippen molar-refractivity contribution in [1.82, 2.24) is 0 Å². The molecular weight excluding hydrogens is 184 g/mol. The molecule has 0 aliphatic carbocycles. The van der Waals surface area contributed by atoms with Crippen molar-refractivity contribution in [3.8, 4) is 11.5 Å². The van der Waals surface area contributed by atoms with Gasteiger partial charge in [0.15, 0.2) is 24.1 Å². The Morgan fingerprint density at radius 2 is 1.29 bits per heavy atom. The molecule has 4 heteroatoms. The molecule has 4 nitrogen and oxygen atoms in total. The Morgan fingerprint density at radius 1 is 0.857 bits per heavy atom. The third kappa shape index (κ3) is 1.17. The van der Waals surface area contributed by atoms with Gasteiger partial charge in [-0.2, -0.15) is 0 Å². The van der Waals surface area contributed by atoms with Crippen molar-refractivity contribution in [3.05, 3.63) is 35.8 Å². The molecular formula is C10H6O4. The number of hydrogen-bond acceptors (Lipinski definition) is 4. The molecule has 0 radical (unpaired) electrons. The van der Waals surface area contributed by atoms with Gasteiger partial charge in [0.05, 0.1) is 23.7 Å². The first-order valence-corrected chi connectivity index (χ1v) is 3.92. The molecule has 0 unspecified atom stereocenters. The summed E-state index contributed by atoms with van der Waals surface area (Å²) >= 11 is 0. The highest BCUT2D eigenvalue weighted by Gasteiger charge is 2.15. The molecule has 2 aromatic rings. The zero-order valence-corrected chi connectivity index (χ0v) is 7.10. The monoisotopic (exact) mass is 190 g/mol. The van der Waals surface area contributed by atoms with E-state index in [-0.39, 0.29) is 11.5 Å². The zero-order chi connectivity index (χ0) is 9.97. The van der Waals surface area contributed by atoms with Crippen LogP contribution >= 0.6 is 0 Å². The van der Waals surface area contributed by atoms with Crippen LogP contribution in [0.2, 0.25) is 0 Å². The summed E-state index contributed by atoms with van der Waals surface area (Å²) < 4.78 is 10.1.